The molecule has 2 atom stereocenters. The normalized spacial score (nSPS) is 19.7. The molecule has 2 fully saturated rings. The zero-order valence-corrected chi connectivity index (χ0v) is 19.7. The Hall–Kier alpha value is -2.32. The number of rotatable bonds is 5. The molecule has 1 aromatic carbocycles. The van der Waals surface area contributed by atoms with Gasteiger partial charge in [-0.3, -0.25) is 9.69 Å². The number of nitrogens with one attached hydrogen (secondary N) is 2. The highest BCUT2D eigenvalue weighted by Crippen LogP contribution is 2.30. The highest BCUT2D eigenvalue weighted by Gasteiger charge is 2.37. The summed E-state index contributed by atoms with van der Waals surface area (Å²) in [6, 6.07) is 11.2. The summed E-state index contributed by atoms with van der Waals surface area (Å²) in [7, 11) is 2.10. The summed E-state index contributed by atoms with van der Waals surface area (Å²) in [4.78, 5) is 28.9. The number of carboxylic acids is 1. The van der Waals surface area contributed by atoms with Crippen molar-refractivity contribution in [3.63, 3.8) is 0 Å². The van der Waals surface area contributed by atoms with Crippen molar-refractivity contribution < 1.29 is 9.90 Å². The smallest absolute Gasteiger partial charge is 0.341 e. The number of aromatic amines is 1. The molecule has 0 saturated carbocycles. The molecule has 2 unspecified atom stereocenters. The average molecular weight is 479 g/mol. The van der Waals surface area contributed by atoms with Gasteiger partial charge in [-0.2, -0.15) is 0 Å². The Kier molecular flexibility index (Phi) is 7.05. The molecule has 0 amide bonds. The van der Waals surface area contributed by atoms with E-state index in [-0.39, 0.29) is 30.4 Å². The Morgan fingerprint density at radius 2 is 2.00 bits per heavy atom. The average Bonchev–Trinajstić information content (AvgIpc) is 3.43. The molecule has 2 saturated heterocycles. The molecule has 0 aliphatic carbocycles. The minimum absolute atomic E-state index is 0. The fourth-order valence-corrected chi connectivity index (χ4v) is 5.03. The second kappa shape index (κ2) is 9.27. The molecular formula is C23H28Cl2N4O3. The largest absolute Gasteiger partial charge is 0.477 e. The lowest BCUT2D eigenvalue weighted by Gasteiger charge is -2.27. The summed E-state index contributed by atoms with van der Waals surface area (Å²) in [5.41, 5.74) is 4.06. The molecule has 4 heterocycles. The van der Waals surface area contributed by atoms with Crippen LogP contribution in [0.3, 0.4) is 0 Å². The zero-order chi connectivity index (χ0) is 21.0. The number of piperazine rings is 1. The molecule has 3 aromatic rings. The summed E-state index contributed by atoms with van der Waals surface area (Å²) < 4.78 is 2.25. The van der Waals surface area contributed by atoms with Gasteiger partial charge in [0.2, 0.25) is 0 Å². The number of benzene rings is 1. The van der Waals surface area contributed by atoms with Gasteiger partial charge >= 0.3 is 5.97 Å². The molecule has 7 nitrogen and oxygen atoms in total. The number of carbonyl (C=O) groups is 1. The second-order valence-corrected chi connectivity index (χ2v) is 8.46. The molecule has 3 N–H and O–H groups in total. The molecule has 2 aliphatic rings. The molecule has 32 heavy (non-hydrogen) atoms. The predicted molar refractivity (Wildman–Crippen MR) is 130 cm³/mol. The van der Waals surface area contributed by atoms with Gasteiger partial charge in [0.25, 0.3) is 5.56 Å². The highest BCUT2D eigenvalue weighted by atomic mass is 35.5. The van der Waals surface area contributed by atoms with E-state index in [0.717, 1.165) is 41.7 Å². The van der Waals surface area contributed by atoms with Crippen LogP contribution in [0.1, 0.15) is 35.0 Å². The van der Waals surface area contributed by atoms with Gasteiger partial charge in [-0.25, -0.2) is 4.79 Å². The summed E-state index contributed by atoms with van der Waals surface area (Å²) >= 11 is 0. The van der Waals surface area contributed by atoms with Crippen molar-refractivity contribution in [2.45, 2.75) is 38.4 Å². The maximum absolute atomic E-state index is 12.2. The van der Waals surface area contributed by atoms with E-state index in [1.165, 1.54) is 18.2 Å². The summed E-state index contributed by atoms with van der Waals surface area (Å²) in [5.74, 6) is -1.20. The first-order chi connectivity index (χ1) is 14.4. The van der Waals surface area contributed by atoms with Gasteiger partial charge in [0, 0.05) is 55.4 Å². The van der Waals surface area contributed by atoms with E-state index in [0.29, 0.717) is 24.2 Å². The Labute approximate surface area is 198 Å². The first-order valence-corrected chi connectivity index (χ1v) is 10.5. The van der Waals surface area contributed by atoms with Crippen LogP contribution in [-0.4, -0.2) is 50.7 Å². The Bertz CT molecular complexity index is 1220. The summed E-state index contributed by atoms with van der Waals surface area (Å²) in [5, 5.41) is 13.9. The van der Waals surface area contributed by atoms with E-state index < -0.39 is 11.5 Å². The molecule has 9 heteroatoms. The number of nitrogens with zero attached hydrogens (tertiary/aromatic N) is 2. The third-order valence-corrected chi connectivity index (χ3v) is 6.70. The molecule has 5 rings (SSSR count). The van der Waals surface area contributed by atoms with Crippen LogP contribution in [0.4, 0.5) is 0 Å². The minimum Gasteiger partial charge on any atom is -0.477 e. The fraction of sp³-hybridized carbons (Fsp3) is 0.391. The van der Waals surface area contributed by atoms with E-state index >= 15 is 0 Å². The highest BCUT2D eigenvalue weighted by molar-refractivity contribution is 5.89. The van der Waals surface area contributed by atoms with Crippen LogP contribution in [0, 0.1) is 0 Å². The predicted octanol–water partition coefficient (Wildman–Crippen LogP) is 3.18. The van der Waals surface area contributed by atoms with Gasteiger partial charge in [-0.05, 0) is 48.2 Å². The Morgan fingerprint density at radius 1 is 1.22 bits per heavy atom. The van der Waals surface area contributed by atoms with Crippen molar-refractivity contribution in [2.24, 2.45) is 7.05 Å². The third-order valence-electron chi connectivity index (χ3n) is 6.70. The van der Waals surface area contributed by atoms with Gasteiger partial charge in [-0.15, -0.1) is 24.8 Å². The van der Waals surface area contributed by atoms with Gasteiger partial charge in [0.15, 0.2) is 0 Å². The van der Waals surface area contributed by atoms with Gasteiger partial charge in [0.05, 0.1) is 5.69 Å². The maximum atomic E-state index is 12.2. The number of aryl methyl sites for hydroxylation is 2. The topological polar surface area (TPSA) is 90.4 Å². The van der Waals surface area contributed by atoms with Crippen LogP contribution in [0.5, 0.6) is 0 Å². The molecule has 0 radical (unpaired) electrons. The number of hydrogen-bond acceptors (Lipinski definition) is 4. The maximum Gasteiger partial charge on any atom is 0.341 e. The molecule has 2 aliphatic heterocycles. The number of hydrogen-bond donors (Lipinski definition) is 3. The van der Waals surface area contributed by atoms with Crippen LogP contribution >= 0.6 is 24.8 Å². The fourth-order valence-electron chi connectivity index (χ4n) is 5.03. The van der Waals surface area contributed by atoms with E-state index in [1.54, 1.807) is 0 Å². The number of aromatic nitrogens is 2. The number of halogens is 2. The lowest BCUT2D eigenvalue weighted by atomic mass is 10.0. The van der Waals surface area contributed by atoms with Gasteiger partial charge in [0.1, 0.15) is 5.56 Å². The van der Waals surface area contributed by atoms with Gasteiger partial charge < -0.3 is 20.0 Å². The number of pyridine rings is 1. The van der Waals surface area contributed by atoms with Crippen molar-refractivity contribution >= 4 is 41.7 Å². The van der Waals surface area contributed by atoms with Crippen molar-refractivity contribution in [1.29, 1.82) is 0 Å². The van der Waals surface area contributed by atoms with E-state index in [9.17, 15) is 14.7 Å². The van der Waals surface area contributed by atoms with Crippen molar-refractivity contribution in [1.82, 2.24) is 19.8 Å². The quantitative estimate of drug-likeness (QED) is 0.523. The SMILES string of the molecule is CCc1cc(C(=O)O)c(=O)[nH]c1-c1ccc2c(c1)cc(CN1CC3CC1CN3)n2C.Cl.Cl. The lowest BCUT2D eigenvalue weighted by molar-refractivity contribution is 0.0695. The number of aromatic carboxylic acids is 1. The molecular weight excluding hydrogens is 451 g/mol. The van der Waals surface area contributed by atoms with Crippen LogP contribution < -0.4 is 10.9 Å². The van der Waals surface area contributed by atoms with Crippen LogP contribution in [0.25, 0.3) is 22.2 Å². The Morgan fingerprint density at radius 3 is 2.62 bits per heavy atom. The van der Waals surface area contributed by atoms with Crippen LogP contribution in [-0.2, 0) is 20.0 Å². The van der Waals surface area contributed by atoms with E-state index in [4.69, 9.17) is 0 Å². The molecule has 2 bridgehead atoms. The lowest BCUT2D eigenvalue weighted by Crippen LogP contribution is -2.43. The number of likely N-dealkylation sites (tertiary alicyclic amines) is 1. The Balaban J connectivity index is 0.00000144. The van der Waals surface area contributed by atoms with E-state index in [2.05, 4.69) is 45.0 Å². The molecule has 0 spiro atoms. The van der Waals surface area contributed by atoms with Gasteiger partial charge in [-0.1, -0.05) is 13.0 Å². The standard InChI is InChI=1S/C23H26N4O3.2ClH/c1-3-13-8-19(23(29)30)22(28)25-21(13)14-4-5-20-15(6-14)7-18(26(20)2)12-27-11-16-9-17(27)10-24-16;;/h4-8,16-17,24H,3,9-12H2,1-2H3,(H,25,28)(H,29,30);2*1H. The number of H-pyrrole nitrogens is 1. The third kappa shape index (κ3) is 4.06. The first-order valence-electron chi connectivity index (χ1n) is 10.5. The minimum atomic E-state index is -1.20. The second-order valence-electron chi connectivity index (χ2n) is 8.46. The molecule has 172 valence electrons. The monoisotopic (exact) mass is 478 g/mol. The van der Waals surface area contributed by atoms with Crippen molar-refractivity contribution in [3.05, 3.63) is 57.5 Å². The summed E-state index contributed by atoms with van der Waals surface area (Å²) in [6.45, 7) is 5.08. The number of carboxylic acid groups (broad SMARTS) is 1. The first kappa shape index (κ1) is 24.3. The zero-order valence-electron chi connectivity index (χ0n) is 18.1. The number of fused-ring (bicyclic) bond motifs is 3. The van der Waals surface area contributed by atoms with Crippen LogP contribution in [0.15, 0.2) is 35.1 Å². The molecule has 2 aromatic heterocycles. The van der Waals surface area contributed by atoms with Crippen LogP contribution in [0.2, 0.25) is 0 Å². The summed E-state index contributed by atoms with van der Waals surface area (Å²) in [6.07, 6.45) is 1.88. The van der Waals surface area contributed by atoms with Crippen molar-refractivity contribution in [3.8, 4) is 11.3 Å². The van der Waals surface area contributed by atoms with Crippen molar-refractivity contribution in [2.75, 3.05) is 13.1 Å². The van der Waals surface area contributed by atoms with E-state index in [1.807, 2.05) is 13.0 Å².